The smallest absolute Gasteiger partial charge is 0.222 e. The molecule has 17 heavy (non-hydrogen) atoms. The zero-order chi connectivity index (χ0) is 12.1. The molecule has 5 nitrogen and oxygen atoms in total. The summed E-state index contributed by atoms with van der Waals surface area (Å²) in [4.78, 5) is 0. The third kappa shape index (κ3) is 3.14. The molecule has 2 aromatic rings. The highest BCUT2D eigenvalue weighted by molar-refractivity contribution is 5.31. The van der Waals surface area contributed by atoms with Gasteiger partial charge in [-0.05, 0) is 31.2 Å². The summed E-state index contributed by atoms with van der Waals surface area (Å²) in [6.45, 7) is 2.92. The Labute approximate surface area is 99.1 Å². The highest BCUT2D eigenvalue weighted by Crippen LogP contribution is 2.18. The molecule has 0 saturated carbocycles. The third-order valence-electron chi connectivity index (χ3n) is 2.10. The highest BCUT2D eigenvalue weighted by Gasteiger charge is 2.02. The number of hydrogen-bond acceptors (Lipinski definition) is 5. The molecule has 0 aliphatic heterocycles. The molecule has 0 bridgehead atoms. The van der Waals surface area contributed by atoms with E-state index in [0.29, 0.717) is 18.9 Å². The first-order valence-corrected chi connectivity index (χ1v) is 5.34. The number of anilines is 1. The standard InChI is InChI=1S/C12H14N2O3/c1-2-15-10-3-5-11(6-4-10)16-8-9-7-12(13)17-14-9/h3-7H,2,8,13H2,1H3. The van der Waals surface area contributed by atoms with Gasteiger partial charge in [-0.15, -0.1) is 0 Å². The van der Waals surface area contributed by atoms with Gasteiger partial charge >= 0.3 is 0 Å². The minimum Gasteiger partial charge on any atom is -0.494 e. The molecule has 0 saturated heterocycles. The van der Waals surface area contributed by atoms with E-state index in [-0.39, 0.29) is 5.88 Å². The van der Waals surface area contributed by atoms with Gasteiger partial charge in [0.1, 0.15) is 23.8 Å². The molecule has 0 aliphatic rings. The fourth-order valence-electron chi connectivity index (χ4n) is 1.35. The molecule has 1 heterocycles. The average molecular weight is 234 g/mol. The van der Waals surface area contributed by atoms with Gasteiger partial charge in [-0.25, -0.2) is 0 Å². The van der Waals surface area contributed by atoms with Crippen LogP contribution < -0.4 is 15.2 Å². The Morgan fingerprint density at radius 2 is 1.82 bits per heavy atom. The van der Waals surface area contributed by atoms with Crippen LogP contribution in [0.4, 0.5) is 5.88 Å². The van der Waals surface area contributed by atoms with E-state index in [9.17, 15) is 0 Å². The molecule has 0 amide bonds. The van der Waals surface area contributed by atoms with Crippen LogP contribution in [0.1, 0.15) is 12.6 Å². The number of ether oxygens (including phenoxy) is 2. The van der Waals surface area contributed by atoms with Crippen molar-refractivity contribution in [3.05, 3.63) is 36.0 Å². The summed E-state index contributed by atoms with van der Waals surface area (Å²) < 4.78 is 15.6. The van der Waals surface area contributed by atoms with Crippen LogP contribution in [-0.4, -0.2) is 11.8 Å². The Hall–Kier alpha value is -2.17. The molecular weight excluding hydrogens is 220 g/mol. The van der Waals surface area contributed by atoms with Gasteiger partial charge in [-0.2, -0.15) is 0 Å². The molecule has 0 radical (unpaired) electrons. The van der Waals surface area contributed by atoms with Gasteiger partial charge in [0.25, 0.3) is 0 Å². The van der Waals surface area contributed by atoms with Crippen molar-refractivity contribution in [2.75, 3.05) is 12.3 Å². The number of rotatable bonds is 5. The van der Waals surface area contributed by atoms with E-state index in [1.165, 1.54) is 0 Å². The highest BCUT2D eigenvalue weighted by atomic mass is 16.5. The quantitative estimate of drug-likeness (QED) is 0.859. The molecule has 0 aliphatic carbocycles. The van der Waals surface area contributed by atoms with Gasteiger partial charge in [0, 0.05) is 6.07 Å². The van der Waals surface area contributed by atoms with Gasteiger partial charge in [-0.3, -0.25) is 0 Å². The fraction of sp³-hybridized carbons (Fsp3) is 0.250. The minimum atomic E-state index is 0.287. The van der Waals surface area contributed by atoms with Crippen molar-refractivity contribution in [3.63, 3.8) is 0 Å². The normalized spacial score (nSPS) is 10.2. The van der Waals surface area contributed by atoms with Gasteiger partial charge in [0.15, 0.2) is 0 Å². The summed E-state index contributed by atoms with van der Waals surface area (Å²) in [6, 6.07) is 9.03. The van der Waals surface area contributed by atoms with Crippen molar-refractivity contribution in [3.8, 4) is 11.5 Å². The van der Waals surface area contributed by atoms with Crippen molar-refractivity contribution < 1.29 is 14.0 Å². The fourth-order valence-corrected chi connectivity index (χ4v) is 1.35. The van der Waals surface area contributed by atoms with Crippen LogP contribution in [-0.2, 0) is 6.61 Å². The van der Waals surface area contributed by atoms with E-state index < -0.39 is 0 Å². The molecule has 0 atom stereocenters. The Morgan fingerprint density at radius 3 is 2.35 bits per heavy atom. The molecule has 0 spiro atoms. The Balaban J connectivity index is 1.90. The lowest BCUT2D eigenvalue weighted by Gasteiger charge is -2.05. The van der Waals surface area contributed by atoms with E-state index in [2.05, 4.69) is 5.16 Å². The lowest BCUT2D eigenvalue weighted by Crippen LogP contribution is -1.96. The molecule has 1 aromatic carbocycles. The Bertz CT molecular complexity index is 465. The van der Waals surface area contributed by atoms with Crippen LogP contribution >= 0.6 is 0 Å². The zero-order valence-corrected chi connectivity index (χ0v) is 9.55. The van der Waals surface area contributed by atoms with Gasteiger partial charge < -0.3 is 19.7 Å². The monoisotopic (exact) mass is 234 g/mol. The Kier molecular flexibility index (Phi) is 3.49. The van der Waals surface area contributed by atoms with Crippen LogP contribution in [0, 0.1) is 0 Å². The van der Waals surface area contributed by atoms with E-state index in [4.69, 9.17) is 19.7 Å². The van der Waals surface area contributed by atoms with Gasteiger partial charge in [0.05, 0.1) is 6.61 Å². The molecular formula is C12H14N2O3. The molecule has 90 valence electrons. The largest absolute Gasteiger partial charge is 0.494 e. The summed E-state index contributed by atoms with van der Waals surface area (Å²) in [7, 11) is 0. The van der Waals surface area contributed by atoms with E-state index >= 15 is 0 Å². The van der Waals surface area contributed by atoms with E-state index in [1.807, 2.05) is 31.2 Å². The number of nitrogens with two attached hydrogens (primary N) is 1. The molecule has 0 fully saturated rings. The topological polar surface area (TPSA) is 70.5 Å². The second kappa shape index (κ2) is 5.25. The van der Waals surface area contributed by atoms with Crippen LogP contribution in [0.2, 0.25) is 0 Å². The maximum Gasteiger partial charge on any atom is 0.222 e. The predicted molar refractivity (Wildman–Crippen MR) is 62.9 cm³/mol. The molecule has 5 heteroatoms. The first-order valence-electron chi connectivity index (χ1n) is 5.34. The molecule has 0 unspecified atom stereocenters. The minimum absolute atomic E-state index is 0.287. The number of nitrogens with zero attached hydrogens (tertiary/aromatic N) is 1. The summed E-state index contributed by atoms with van der Waals surface area (Å²) in [5, 5.41) is 3.73. The van der Waals surface area contributed by atoms with Crippen molar-refractivity contribution in [1.82, 2.24) is 5.16 Å². The lowest BCUT2D eigenvalue weighted by atomic mass is 10.3. The van der Waals surface area contributed by atoms with Crippen molar-refractivity contribution in [2.24, 2.45) is 0 Å². The van der Waals surface area contributed by atoms with Crippen LogP contribution in [0.5, 0.6) is 11.5 Å². The van der Waals surface area contributed by atoms with Gasteiger partial charge in [0.2, 0.25) is 5.88 Å². The number of hydrogen-bond donors (Lipinski definition) is 1. The van der Waals surface area contributed by atoms with Crippen LogP contribution in [0.3, 0.4) is 0 Å². The summed E-state index contributed by atoms with van der Waals surface area (Å²) >= 11 is 0. The number of aromatic nitrogens is 1. The first-order chi connectivity index (χ1) is 8.28. The van der Waals surface area contributed by atoms with Crippen molar-refractivity contribution in [2.45, 2.75) is 13.5 Å². The third-order valence-corrected chi connectivity index (χ3v) is 2.10. The molecule has 1 aromatic heterocycles. The average Bonchev–Trinajstić information content (AvgIpc) is 2.75. The summed E-state index contributed by atoms with van der Waals surface area (Å²) in [5.74, 6) is 1.86. The zero-order valence-electron chi connectivity index (χ0n) is 9.55. The van der Waals surface area contributed by atoms with E-state index in [0.717, 1.165) is 11.5 Å². The SMILES string of the molecule is CCOc1ccc(OCc2cc(N)on2)cc1. The second-order valence-electron chi connectivity index (χ2n) is 3.41. The molecule has 2 rings (SSSR count). The van der Waals surface area contributed by atoms with E-state index in [1.54, 1.807) is 6.07 Å². The number of benzene rings is 1. The van der Waals surface area contributed by atoms with Crippen molar-refractivity contribution in [1.29, 1.82) is 0 Å². The predicted octanol–water partition coefficient (Wildman–Crippen LogP) is 2.23. The van der Waals surface area contributed by atoms with Crippen LogP contribution in [0.15, 0.2) is 34.9 Å². The summed E-state index contributed by atoms with van der Waals surface area (Å²) in [5.41, 5.74) is 6.06. The van der Waals surface area contributed by atoms with Crippen molar-refractivity contribution >= 4 is 5.88 Å². The molecule has 2 N–H and O–H groups in total. The Morgan fingerprint density at radius 1 is 1.18 bits per heavy atom. The maximum absolute atomic E-state index is 5.50. The number of nitrogen functional groups attached to an aromatic ring is 1. The first kappa shape index (κ1) is 11.3. The second-order valence-corrected chi connectivity index (χ2v) is 3.41. The summed E-state index contributed by atoms with van der Waals surface area (Å²) in [6.07, 6.45) is 0. The lowest BCUT2D eigenvalue weighted by molar-refractivity contribution is 0.289. The van der Waals surface area contributed by atoms with Crippen LogP contribution in [0.25, 0.3) is 0 Å². The van der Waals surface area contributed by atoms with Gasteiger partial charge in [-0.1, -0.05) is 5.16 Å². The maximum atomic E-state index is 5.50.